The first-order valence-corrected chi connectivity index (χ1v) is 7.38. The fraction of sp³-hybridized carbons (Fsp3) is 0.286. The fourth-order valence-electron chi connectivity index (χ4n) is 1.40. The average Bonchev–Trinajstić information content (AvgIpc) is 2.54. The molecule has 0 aromatic heterocycles. The monoisotopic (exact) mass is 399 g/mol. The predicted octanol–water partition coefficient (Wildman–Crippen LogP) is 1.83. The zero-order chi connectivity index (χ0) is 16.4. The van der Waals surface area contributed by atoms with E-state index >= 15 is 0 Å². The zero-order valence-corrected chi connectivity index (χ0v) is 17.9. The molecule has 6 nitrogen and oxygen atoms in total. The van der Waals surface area contributed by atoms with E-state index < -0.39 is 0 Å². The Labute approximate surface area is 160 Å². The van der Waals surface area contributed by atoms with Crippen LogP contribution in [0.3, 0.4) is 0 Å². The summed E-state index contributed by atoms with van der Waals surface area (Å²) in [7, 11) is 1.68. The van der Waals surface area contributed by atoms with E-state index in [1.165, 1.54) is 0 Å². The van der Waals surface area contributed by atoms with Crippen LogP contribution in [0.25, 0.3) is 0 Å². The van der Waals surface area contributed by atoms with Gasteiger partial charge in [-0.05, 0) is 19.0 Å². The van der Waals surface area contributed by atoms with Crippen LogP contribution in [-0.4, -0.2) is 35.5 Å². The third-order valence-electron chi connectivity index (χ3n) is 2.39. The van der Waals surface area contributed by atoms with Crippen molar-refractivity contribution in [2.45, 2.75) is 13.8 Å². The summed E-state index contributed by atoms with van der Waals surface area (Å²) in [4.78, 5) is 0. The summed E-state index contributed by atoms with van der Waals surface area (Å²) >= 11 is 9.87. The van der Waals surface area contributed by atoms with Crippen LogP contribution in [0.2, 0.25) is 0 Å². The SMILES string of the molecule is CCO/C([S-])=N/N=C(C)/C(=N/N=C(\[S-])NC)c1ccccc1.[Zn+2]. The smallest absolute Gasteiger partial charge is 0.741 e. The third-order valence-corrected chi connectivity index (χ3v) is 2.88. The second kappa shape index (κ2) is 12.0. The Balaban J connectivity index is 0.00000484. The van der Waals surface area contributed by atoms with Crippen molar-refractivity contribution in [1.29, 1.82) is 0 Å². The third kappa shape index (κ3) is 8.11. The minimum absolute atomic E-state index is 0. The minimum Gasteiger partial charge on any atom is -0.741 e. The first-order valence-electron chi connectivity index (χ1n) is 6.56. The number of hydrogen-bond acceptors (Lipinski definition) is 7. The number of nitrogens with one attached hydrogen (secondary N) is 1. The van der Waals surface area contributed by atoms with Crippen LogP contribution < -0.4 is 5.32 Å². The maximum absolute atomic E-state index is 5.06. The van der Waals surface area contributed by atoms with Crippen molar-refractivity contribution in [3.63, 3.8) is 0 Å². The van der Waals surface area contributed by atoms with E-state index in [9.17, 15) is 0 Å². The Morgan fingerprint density at radius 1 is 1.09 bits per heavy atom. The molecule has 0 unspecified atom stereocenters. The number of nitrogens with zero attached hydrogens (tertiary/aromatic N) is 4. The van der Waals surface area contributed by atoms with Gasteiger partial charge in [-0.1, -0.05) is 30.3 Å². The molecule has 1 rings (SSSR count). The molecule has 9 heteroatoms. The van der Waals surface area contributed by atoms with E-state index in [1.807, 2.05) is 37.3 Å². The van der Waals surface area contributed by atoms with Gasteiger partial charge in [0.05, 0.1) is 17.5 Å². The van der Waals surface area contributed by atoms with Crippen molar-refractivity contribution >= 4 is 47.1 Å². The predicted molar refractivity (Wildman–Crippen MR) is 96.4 cm³/mol. The van der Waals surface area contributed by atoms with Crippen LogP contribution in [0.1, 0.15) is 19.4 Å². The Hall–Kier alpha value is -1.44. The van der Waals surface area contributed by atoms with Gasteiger partial charge in [0.1, 0.15) is 5.71 Å². The summed E-state index contributed by atoms with van der Waals surface area (Å²) in [6, 6.07) is 9.51. The first-order chi connectivity index (χ1) is 10.6. The van der Waals surface area contributed by atoms with Crippen molar-refractivity contribution in [3.05, 3.63) is 35.9 Å². The van der Waals surface area contributed by atoms with Crippen LogP contribution in [0.5, 0.6) is 0 Å². The van der Waals surface area contributed by atoms with Crippen molar-refractivity contribution in [3.8, 4) is 0 Å². The van der Waals surface area contributed by atoms with Crippen LogP contribution >= 0.6 is 0 Å². The molecule has 0 heterocycles. The van der Waals surface area contributed by atoms with Crippen molar-refractivity contribution < 1.29 is 24.2 Å². The Morgan fingerprint density at radius 3 is 2.30 bits per heavy atom. The van der Waals surface area contributed by atoms with Crippen LogP contribution in [-0.2, 0) is 49.5 Å². The average molecular weight is 401 g/mol. The van der Waals surface area contributed by atoms with Gasteiger partial charge in [0.25, 0.3) is 0 Å². The fourth-order valence-corrected chi connectivity index (χ4v) is 1.60. The van der Waals surface area contributed by atoms with Gasteiger partial charge in [-0.3, -0.25) is 0 Å². The molecule has 0 saturated heterocycles. The number of ether oxygens (including phenoxy) is 1. The van der Waals surface area contributed by atoms with Crippen molar-refractivity contribution in [2.75, 3.05) is 13.7 Å². The van der Waals surface area contributed by atoms with Gasteiger partial charge in [0.2, 0.25) is 0 Å². The van der Waals surface area contributed by atoms with Gasteiger partial charge >= 0.3 is 19.5 Å². The second-order valence-corrected chi connectivity index (χ2v) is 4.69. The number of amidine groups is 1. The van der Waals surface area contributed by atoms with E-state index in [0.717, 1.165) is 5.56 Å². The van der Waals surface area contributed by atoms with E-state index in [4.69, 9.17) is 30.0 Å². The Kier molecular flexibility index (Phi) is 11.3. The first kappa shape index (κ1) is 21.6. The molecule has 0 amide bonds. The summed E-state index contributed by atoms with van der Waals surface area (Å²) in [5.41, 5.74) is 1.96. The molecule has 0 radical (unpaired) electrons. The van der Waals surface area contributed by atoms with Crippen molar-refractivity contribution in [2.24, 2.45) is 20.4 Å². The number of hydrogen-bond donors (Lipinski definition) is 1. The Bertz CT molecular complexity index is 602. The molecule has 0 aliphatic rings. The molecule has 0 saturated carbocycles. The molecule has 1 aromatic carbocycles. The van der Waals surface area contributed by atoms with E-state index in [0.29, 0.717) is 18.0 Å². The molecular weight excluding hydrogens is 384 g/mol. The number of benzene rings is 1. The van der Waals surface area contributed by atoms with Gasteiger partial charge in [0, 0.05) is 12.6 Å². The minimum atomic E-state index is 0. The van der Waals surface area contributed by atoms with Crippen LogP contribution in [0, 0.1) is 0 Å². The largest absolute Gasteiger partial charge is 2.00 e. The second-order valence-electron chi connectivity index (χ2n) is 3.95. The maximum atomic E-state index is 5.06. The van der Waals surface area contributed by atoms with Crippen molar-refractivity contribution in [1.82, 2.24) is 5.32 Å². The summed E-state index contributed by atoms with van der Waals surface area (Å²) in [5, 5.41) is 19.0. The molecule has 0 atom stereocenters. The van der Waals surface area contributed by atoms with Gasteiger partial charge < -0.3 is 35.3 Å². The molecule has 0 bridgehead atoms. The quantitative estimate of drug-likeness (QED) is 0.269. The van der Waals surface area contributed by atoms with E-state index in [-0.39, 0.29) is 29.9 Å². The standard InChI is InChI=1S/C14H19N5OS2.Zn/c1-4-20-14(22)19-16-10(2)12(17-18-13(21)15-3)11-8-6-5-7-9-11;/h5-9H,4H2,1-3H3,(H,19,22)(H2,15,18,21);/q;+2/p-2/b16-10+,17-12-;. The molecule has 118 valence electrons. The summed E-state index contributed by atoms with van der Waals surface area (Å²) in [5.74, 6) is 0. The topological polar surface area (TPSA) is 70.7 Å². The van der Waals surface area contributed by atoms with Crippen LogP contribution in [0.4, 0.5) is 0 Å². The van der Waals surface area contributed by atoms with Crippen LogP contribution in [0.15, 0.2) is 50.7 Å². The summed E-state index contributed by atoms with van der Waals surface area (Å²) in [6.07, 6.45) is 0. The molecule has 0 aliphatic heterocycles. The van der Waals surface area contributed by atoms with Gasteiger partial charge in [0.15, 0.2) is 0 Å². The summed E-state index contributed by atoms with van der Waals surface area (Å²) in [6.45, 7) is 4.04. The molecule has 0 fully saturated rings. The van der Waals surface area contributed by atoms with Gasteiger partial charge in [-0.15, -0.1) is 10.2 Å². The molecule has 0 spiro atoms. The maximum Gasteiger partial charge on any atom is 2.00 e. The van der Waals surface area contributed by atoms with Gasteiger partial charge in [-0.2, -0.15) is 10.2 Å². The molecular formula is C14H17N5OS2Zn. The van der Waals surface area contributed by atoms with Gasteiger partial charge in [-0.25, -0.2) is 0 Å². The summed E-state index contributed by atoms with van der Waals surface area (Å²) < 4.78 is 5.06. The molecule has 0 aliphatic carbocycles. The normalized spacial score (nSPS) is 13.3. The number of rotatable bonds is 5. The van der Waals surface area contributed by atoms with E-state index in [1.54, 1.807) is 14.0 Å². The molecule has 23 heavy (non-hydrogen) atoms. The Morgan fingerprint density at radius 2 is 1.74 bits per heavy atom. The molecule has 1 N–H and O–H groups in total. The molecule has 1 aromatic rings. The van der Waals surface area contributed by atoms with E-state index in [2.05, 4.69) is 25.7 Å². The zero-order valence-electron chi connectivity index (χ0n) is 13.3.